The van der Waals surface area contributed by atoms with Gasteiger partial charge >= 0.3 is 0 Å². The van der Waals surface area contributed by atoms with Crippen molar-refractivity contribution in [1.82, 2.24) is 4.98 Å². The molecule has 3 aromatic rings. The first-order valence-corrected chi connectivity index (χ1v) is 6.58. The van der Waals surface area contributed by atoms with E-state index in [2.05, 4.69) is 4.98 Å². The van der Waals surface area contributed by atoms with Crippen molar-refractivity contribution in [3.05, 3.63) is 77.7 Å². The second-order valence-electron chi connectivity index (χ2n) is 4.87. The number of hydrogen-bond acceptors (Lipinski definition) is 2. The third kappa shape index (κ3) is 2.68. The van der Waals surface area contributed by atoms with Crippen molar-refractivity contribution in [3.63, 3.8) is 0 Å². The minimum Gasteiger partial charge on any atom is -0.322 e. The van der Waals surface area contributed by atoms with E-state index >= 15 is 0 Å². The normalized spacial score (nSPS) is 12.5. The molecule has 20 heavy (non-hydrogen) atoms. The van der Waals surface area contributed by atoms with Crippen LogP contribution in [0, 0.1) is 5.82 Å². The zero-order valence-electron chi connectivity index (χ0n) is 11.0. The summed E-state index contributed by atoms with van der Waals surface area (Å²) in [6.07, 6.45) is 0.573. The molecular formula is C17H15FN2. The van der Waals surface area contributed by atoms with Gasteiger partial charge in [0, 0.05) is 5.39 Å². The highest BCUT2D eigenvalue weighted by Crippen LogP contribution is 2.18. The summed E-state index contributed by atoms with van der Waals surface area (Å²) in [5.74, 6) is -0.235. The van der Waals surface area contributed by atoms with Crippen molar-refractivity contribution in [1.29, 1.82) is 0 Å². The van der Waals surface area contributed by atoms with Crippen LogP contribution in [0.3, 0.4) is 0 Å². The molecule has 0 aliphatic carbocycles. The van der Waals surface area contributed by atoms with E-state index in [0.717, 1.165) is 22.2 Å². The lowest BCUT2D eigenvalue weighted by Crippen LogP contribution is -2.15. The molecule has 0 saturated carbocycles. The molecule has 0 saturated heterocycles. The Bertz CT molecular complexity index is 740. The molecule has 2 N–H and O–H groups in total. The Morgan fingerprint density at radius 2 is 1.85 bits per heavy atom. The van der Waals surface area contributed by atoms with Gasteiger partial charge in [0.25, 0.3) is 0 Å². The van der Waals surface area contributed by atoms with Crippen LogP contribution in [-0.4, -0.2) is 4.98 Å². The SMILES string of the molecule is NC(Cc1cccc(F)c1)c1ccc2ccccc2n1. The molecule has 0 amide bonds. The number of pyridine rings is 1. The topological polar surface area (TPSA) is 38.9 Å². The molecule has 1 heterocycles. The van der Waals surface area contributed by atoms with Crippen LogP contribution in [0.5, 0.6) is 0 Å². The van der Waals surface area contributed by atoms with E-state index in [1.54, 1.807) is 6.07 Å². The molecule has 2 aromatic carbocycles. The highest BCUT2D eigenvalue weighted by atomic mass is 19.1. The van der Waals surface area contributed by atoms with Gasteiger partial charge in [-0.3, -0.25) is 4.98 Å². The molecule has 0 aliphatic rings. The summed E-state index contributed by atoms with van der Waals surface area (Å²) in [6.45, 7) is 0. The number of para-hydroxylation sites is 1. The number of fused-ring (bicyclic) bond motifs is 1. The lowest BCUT2D eigenvalue weighted by molar-refractivity contribution is 0.621. The maximum absolute atomic E-state index is 13.2. The second-order valence-corrected chi connectivity index (χ2v) is 4.87. The first kappa shape index (κ1) is 12.8. The molecule has 1 unspecified atom stereocenters. The number of nitrogens with zero attached hydrogens (tertiary/aromatic N) is 1. The van der Waals surface area contributed by atoms with Crippen LogP contribution in [0.2, 0.25) is 0 Å². The maximum atomic E-state index is 13.2. The van der Waals surface area contributed by atoms with Gasteiger partial charge in [-0.2, -0.15) is 0 Å². The van der Waals surface area contributed by atoms with Crippen molar-refractivity contribution >= 4 is 10.9 Å². The zero-order chi connectivity index (χ0) is 13.9. The smallest absolute Gasteiger partial charge is 0.123 e. The predicted octanol–water partition coefficient (Wildman–Crippen LogP) is 3.62. The third-order valence-corrected chi connectivity index (χ3v) is 3.34. The number of halogens is 1. The highest BCUT2D eigenvalue weighted by molar-refractivity contribution is 5.78. The Balaban J connectivity index is 1.86. The molecule has 0 radical (unpaired) electrons. The minimum absolute atomic E-state index is 0.235. The van der Waals surface area contributed by atoms with Crippen LogP contribution in [0.15, 0.2) is 60.7 Å². The van der Waals surface area contributed by atoms with E-state index in [-0.39, 0.29) is 11.9 Å². The molecule has 100 valence electrons. The van der Waals surface area contributed by atoms with Gasteiger partial charge in [-0.25, -0.2) is 4.39 Å². The molecule has 3 rings (SSSR count). The summed E-state index contributed by atoms with van der Waals surface area (Å²) in [7, 11) is 0. The molecule has 0 fully saturated rings. The lowest BCUT2D eigenvalue weighted by Gasteiger charge is -2.12. The Labute approximate surface area is 117 Å². The molecule has 3 heteroatoms. The van der Waals surface area contributed by atoms with E-state index < -0.39 is 0 Å². The van der Waals surface area contributed by atoms with Crippen LogP contribution in [0.4, 0.5) is 4.39 Å². The number of benzene rings is 2. The maximum Gasteiger partial charge on any atom is 0.123 e. The number of rotatable bonds is 3. The molecule has 0 spiro atoms. The lowest BCUT2D eigenvalue weighted by atomic mass is 10.0. The van der Waals surface area contributed by atoms with Gasteiger partial charge in [-0.1, -0.05) is 36.4 Å². The molecule has 2 nitrogen and oxygen atoms in total. The van der Waals surface area contributed by atoms with Gasteiger partial charge in [0.15, 0.2) is 0 Å². The molecular weight excluding hydrogens is 251 g/mol. The molecule has 0 aliphatic heterocycles. The molecule has 0 bridgehead atoms. The van der Waals surface area contributed by atoms with Crippen LogP contribution >= 0.6 is 0 Å². The standard InChI is InChI=1S/C17H15FN2/c18-14-6-3-4-12(10-14)11-15(19)17-9-8-13-5-1-2-7-16(13)20-17/h1-10,15H,11,19H2. The number of aromatic nitrogens is 1. The van der Waals surface area contributed by atoms with E-state index in [0.29, 0.717) is 6.42 Å². The fraction of sp³-hybridized carbons (Fsp3) is 0.118. The Morgan fingerprint density at radius 3 is 2.70 bits per heavy atom. The zero-order valence-corrected chi connectivity index (χ0v) is 11.0. The highest BCUT2D eigenvalue weighted by Gasteiger charge is 2.09. The third-order valence-electron chi connectivity index (χ3n) is 3.34. The Morgan fingerprint density at radius 1 is 1.00 bits per heavy atom. The minimum atomic E-state index is -0.235. The second kappa shape index (κ2) is 5.39. The number of hydrogen-bond donors (Lipinski definition) is 1. The Hall–Kier alpha value is -2.26. The van der Waals surface area contributed by atoms with Crippen molar-refractivity contribution in [2.75, 3.05) is 0 Å². The van der Waals surface area contributed by atoms with Crippen molar-refractivity contribution in [2.45, 2.75) is 12.5 Å². The van der Waals surface area contributed by atoms with Gasteiger partial charge in [0.2, 0.25) is 0 Å². The van der Waals surface area contributed by atoms with Crippen LogP contribution in [-0.2, 0) is 6.42 Å². The predicted molar refractivity (Wildman–Crippen MR) is 78.8 cm³/mol. The van der Waals surface area contributed by atoms with E-state index in [4.69, 9.17) is 5.73 Å². The van der Waals surface area contributed by atoms with Gasteiger partial charge < -0.3 is 5.73 Å². The van der Waals surface area contributed by atoms with Crippen LogP contribution in [0.25, 0.3) is 10.9 Å². The first-order valence-electron chi connectivity index (χ1n) is 6.58. The average Bonchev–Trinajstić information content (AvgIpc) is 2.47. The van der Waals surface area contributed by atoms with E-state index in [9.17, 15) is 4.39 Å². The largest absolute Gasteiger partial charge is 0.322 e. The molecule has 1 atom stereocenters. The summed E-state index contributed by atoms with van der Waals surface area (Å²) in [5.41, 5.74) is 8.82. The summed E-state index contributed by atoms with van der Waals surface area (Å²) in [6, 6.07) is 18.2. The monoisotopic (exact) mass is 266 g/mol. The fourth-order valence-electron chi connectivity index (χ4n) is 2.31. The van der Waals surface area contributed by atoms with E-state index in [1.165, 1.54) is 12.1 Å². The number of nitrogens with two attached hydrogens (primary N) is 1. The first-order chi connectivity index (χ1) is 9.72. The Kier molecular flexibility index (Phi) is 3.44. The summed E-state index contributed by atoms with van der Waals surface area (Å²) in [4.78, 5) is 4.57. The summed E-state index contributed by atoms with van der Waals surface area (Å²) < 4.78 is 13.2. The van der Waals surface area contributed by atoms with Crippen LogP contribution in [0.1, 0.15) is 17.3 Å². The van der Waals surface area contributed by atoms with Gasteiger partial charge in [-0.05, 0) is 36.2 Å². The summed E-state index contributed by atoms with van der Waals surface area (Å²) >= 11 is 0. The van der Waals surface area contributed by atoms with Crippen molar-refractivity contribution in [2.24, 2.45) is 5.73 Å². The van der Waals surface area contributed by atoms with Crippen molar-refractivity contribution < 1.29 is 4.39 Å². The summed E-state index contributed by atoms with van der Waals surface area (Å²) in [5, 5.41) is 1.09. The van der Waals surface area contributed by atoms with Crippen LogP contribution < -0.4 is 5.73 Å². The fourth-order valence-corrected chi connectivity index (χ4v) is 2.31. The molecule has 1 aromatic heterocycles. The van der Waals surface area contributed by atoms with Gasteiger partial charge in [-0.15, -0.1) is 0 Å². The average molecular weight is 266 g/mol. The quantitative estimate of drug-likeness (QED) is 0.786. The van der Waals surface area contributed by atoms with Gasteiger partial charge in [0.1, 0.15) is 5.82 Å². The van der Waals surface area contributed by atoms with Crippen molar-refractivity contribution in [3.8, 4) is 0 Å². The van der Waals surface area contributed by atoms with Gasteiger partial charge in [0.05, 0.1) is 17.3 Å². The van der Waals surface area contributed by atoms with E-state index in [1.807, 2.05) is 42.5 Å².